The summed E-state index contributed by atoms with van der Waals surface area (Å²) in [7, 11) is 0. The molecule has 3 rings (SSSR count). The van der Waals surface area contributed by atoms with Crippen LogP contribution in [0.15, 0.2) is 16.6 Å². The van der Waals surface area contributed by atoms with Crippen molar-refractivity contribution in [1.29, 1.82) is 0 Å². The second-order valence-electron chi connectivity index (χ2n) is 5.36. The Hall–Kier alpha value is -0.290. The third kappa shape index (κ3) is 2.77. The zero-order valence-corrected chi connectivity index (χ0v) is 13.0. The number of hydrogen-bond donors (Lipinski definition) is 2. The molecule has 2 fully saturated rings. The molecule has 1 aromatic rings. The summed E-state index contributed by atoms with van der Waals surface area (Å²) in [5, 5.41) is 14.4. The van der Waals surface area contributed by atoms with Crippen molar-refractivity contribution >= 4 is 27.5 Å². The number of benzene rings is 1. The van der Waals surface area contributed by atoms with Gasteiger partial charge >= 0.3 is 0 Å². The van der Waals surface area contributed by atoms with E-state index in [0.29, 0.717) is 16.7 Å². The maximum absolute atomic E-state index is 10.4. The highest BCUT2D eigenvalue weighted by Gasteiger charge is 2.39. The standard InChI is InChI=1S/C14H18BrClN2O/c15-10-3-4-11(16)12(14(10)19)13(9-1-2-9)18-7-5-17-6-8-18/h3-4,9,13,17,19H,1-2,5-8H2/t13-/m0/s1. The molecule has 0 bridgehead atoms. The first-order valence-corrected chi connectivity index (χ1v) is 7.97. The molecule has 1 heterocycles. The molecular formula is C14H18BrClN2O. The molecule has 19 heavy (non-hydrogen) atoms. The summed E-state index contributed by atoms with van der Waals surface area (Å²) < 4.78 is 0.729. The summed E-state index contributed by atoms with van der Waals surface area (Å²) >= 11 is 9.77. The molecule has 1 saturated carbocycles. The molecular weight excluding hydrogens is 328 g/mol. The average molecular weight is 346 g/mol. The van der Waals surface area contributed by atoms with Gasteiger partial charge in [0.05, 0.1) is 4.47 Å². The largest absolute Gasteiger partial charge is 0.506 e. The van der Waals surface area contributed by atoms with Gasteiger partial charge < -0.3 is 10.4 Å². The van der Waals surface area contributed by atoms with Gasteiger partial charge in [0.25, 0.3) is 0 Å². The Morgan fingerprint density at radius 2 is 2.00 bits per heavy atom. The molecule has 1 aromatic carbocycles. The van der Waals surface area contributed by atoms with Crippen molar-refractivity contribution < 1.29 is 5.11 Å². The number of hydrogen-bond acceptors (Lipinski definition) is 3. The van der Waals surface area contributed by atoms with Crippen molar-refractivity contribution in [3.8, 4) is 5.75 Å². The van der Waals surface area contributed by atoms with E-state index in [2.05, 4.69) is 26.1 Å². The molecule has 2 aliphatic rings. The lowest BCUT2D eigenvalue weighted by Gasteiger charge is -2.36. The number of halogens is 2. The van der Waals surface area contributed by atoms with Crippen LogP contribution in [0, 0.1) is 5.92 Å². The SMILES string of the molecule is Oc1c(Br)ccc(Cl)c1[C@H](C1CC1)N1CCNCC1. The smallest absolute Gasteiger partial charge is 0.136 e. The molecule has 0 unspecified atom stereocenters. The van der Waals surface area contributed by atoms with Gasteiger partial charge in [-0.2, -0.15) is 0 Å². The van der Waals surface area contributed by atoms with Crippen LogP contribution in [0.25, 0.3) is 0 Å². The second-order valence-corrected chi connectivity index (χ2v) is 6.62. The van der Waals surface area contributed by atoms with Gasteiger partial charge in [-0.3, -0.25) is 4.90 Å². The molecule has 3 nitrogen and oxygen atoms in total. The summed E-state index contributed by atoms with van der Waals surface area (Å²) in [6.07, 6.45) is 2.47. The molecule has 0 spiro atoms. The average Bonchev–Trinajstić information content (AvgIpc) is 3.24. The maximum Gasteiger partial charge on any atom is 0.136 e. The molecule has 0 radical (unpaired) electrons. The van der Waals surface area contributed by atoms with E-state index in [1.807, 2.05) is 12.1 Å². The van der Waals surface area contributed by atoms with Crippen LogP contribution in [0.2, 0.25) is 5.02 Å². The van der Waals surface area contributed by atoms with Gasteiger partial charge in [-0.1, -0.05) is 11.6 Å². The van der Waals surface area contributed by atoms with Crippen LogP contribution in [-0.4, -0.2) is 36.2 Å². The minimum atomic E-state index is 0.257. The van der Waals surface area contributed by atoms with Crippen LogP contribution in [0.4, 0.5) is 0 Å². The topological polar surface area (TPSA) is 35.5 Å². The lowest BCUT2D eigenvalue weighted by molar-refractivity contribution is 0.153. The number of nitrogens with zero attached hydrogens (tertiary/aromatic N) is 1. The van der Waals surface area contributed by atoms with E-state index in [-0.39, 0.29) is 6.04 Å². The quantitative estimate of drug-likeness (QED) is 0.883. The minimum Gasteiger partial charge on any atom is -0.506 e. The van der Waals surface area contributed by atoms with Crippen LogP contribution in [-0.2, 0) is 0 Å². The fourth-order valence-corrected chi connectivity index (χ4v) is 3.54. The molecule has 104 valence electrons. The zero-order chi connectivity index (χ0) is 13.4. The number of rotatable bonds is 3. The molecule has 1 aliphatic carbocycles. The first-order chi connectivity index (χ1) is 9.18. The number of aromatic hydroxyl groups is 1. The predicted octanol–water partition coefficient (Wildman–Crippen LogP) is 3.16. The van der Waals surface area contributed by atoms with Gasteiger partial charge in [0.1, 0.15) is 5.75 Å². The van der Waals surface area contributed by atoms with Gasteiger partial charge in [0.15, 0.2) is 0 Å². The molecule has 1 aliphatic heterocycles. The summed E-state index contributed by atoms with van der Waals surface area (Å²) in [4.78, 5) is 2.46. The number of phenols is 1. The van der Waals surface area contributed by atoms with Gasteiger partial charge in [-0.25, -0.2) is 0 Å². The maximum atomic E-state index is 10.4. The van der Waals surface area contributed by atoms with Crippen molar-refractivity contribution in [1.82, 2.24) is 10.2 Å². The van der Waals surface area contributed by atoms with Crippen LogP contribution in [0.3, 0.4) is 0 Å². The Balaban J connectivity index is 1.97. The van der Waals surface area contributed by atoms with Crippen molar-refractivity contribution in [3.63, 3.8) is 0 Å². The Morgan fingerprint density at radius 3 is 2.63 bits per heavy atom. The van der Waals surface area contributed by atoms with Gasteiger partial charge in [0, 0.05) is 42.8 Å². The third-order valence-electron chi connectivity index (χ3n) is 4.02. The zero-order valence-electron chi connectivity index (χ0n) is 10.7. The van der Waals surface area contributed by atoms with Crippen LogP contribution < -0.4 is 5.32 Å². The number of phenolic OH excluding ortho intramolecular Hbond substituents is 1. The Bertz CT molecular complexity index is 473. The molecule has 1 atom stereocenters. The van der Waals surface area contributed by atoms with E-state index in [4.69, 9.17) is 11.6 Å². The van der Waals surface area contributed by atoms with E-state index < -0.39 is 0 Å². The van der Waals surface area contributed by atoms with Crippen molar-refractivity contribution in [3.05, 3.63) is 27.2 Å². The summed E-state index contributed by atoms with van der Waals surface area (Å²) in [5.41, 5.74) is 0.903. The highest BCUT2D eigenvalue weighted by Crippen LogP contribution is 2.50. The number of nitrogens with one attached hydrogen (secondary N) is 1. The Kier molecular flexibility index (Phi) is 4.03. The predicted molar refractivity (Wildman–Crippen MR) is 80.7 cm³/mol. The summed E-state index contributed by atoms with van der Waals surface area (Å²) in [5.74, 6) is 0.943. The van der Waals surface area contributed by atoms with Crippen molar-refractivity contribution in [2.24, 2.45) is 5.92 Å². The van der Waals surface area contributed by atoms with Crippen molar-refractivity contribution in [2.75, 3.05) is 26.2 Å². The van der Waals surface area contributed by atoms with Crippen LogP contribution in [0.5, 0.6) is 5.75 Å². The van der Waals surface area contributed by atoms with E-state index in [1.54, 1.807) is 0 Å². The minimum absolute atomic E-state index is 0.257. The van der Waals surface area contributed by atoms with Crippen LogP contribution >= 0.6 is 27.5 Å². The lowest BCUT2D eigenvalue weighted by Crippen LogP contribution is -2.45. The highest BCUT2D eigenvalue weighted by molar-refractivity contribution is 9.10. The van der Waals surface area contributed by atoms with E-state index in [9.17, 15) is 5.11 Å². The van der Waals surface area contributed by atoms with Crippen molar-refractivity contribution in [2.45, 2.75) is 18.9 Å². The van der Waals surface area contributed by atoms with E-state index in [0.717, 1.165) is 36.2 Å². The highest BCUT2D eigenvalue weighted by atomic mass is 79.9. The van der Waals surface area contributed by atoms with Crippen LogP contribution in [0.1, 0.15) is 24.4 Å². The van der Waals surface area contributed by atoms with Gasteiger partial charge in [-0.05, 0) is 46.8 Å². The molecule has 2 N–H and O–H groups in total. The summed E-state index contributed by atoms with van der Waals surface area (Å²) in [6.45, 7) is 4.05. The third-order valence-corrected chi connectivity index (χ3v) is 4.99. The molecule has 0 amide bonds. The normalized spacial score (nSPS) is 22.4. The molecule has 1 saturated heterocycles. The molecule has 5 heteroatoms. The monoisotopic (exact) mass is 344 g/mol. The Morgan fingerprint density at radius 1 is 1.32 bits per heavy atom. The van der Waals surface area contributed by atoms with E-state index >= 15 is 0 Å². The first-order valence-electron chi connectivity index (χ1n) is 6.80. The lowest BCUT2D eigenvalue weighted by atomic mass is 9.98. The summed E-state index contributed by atoms with van der Waals surface area (Å²) in [6, 6.07) is 3.94. The fourth-order valence-electron chi connectivity index (χ4n) is 2.93. The first kappa shape index (κ1) is 13.7. The fraction of sp³-hybridized carbons (Fsp3) is 0.571. The second kappa shape index (κ2) is 5.60. The van der Waals surface area contributed by atoms with Gasteiger partial charge in [0.2, 0.25) is 0 Å². The number of piperazine rings is 1. The van der Waals surface area contributed by atoms with Gasteiger partial charge in [-0.15, -0.1) is 0 Å². The Labute approximate surface area is 127 Å². The molecule has 0 aromatic heterocycles. The van der Waals surface area contributed by atoms with E-state index in [1.165, 1.54) is 12.8 Å².